The topological polar surface area (TPSA) is 75.6 Å². The standard InChI is InChI=1S/C14H15NO4S/c1-19-14-5-3-2-4-13(14)15-20(17,18)12-8-6-11(10-16)7-9-12/h2-9,15-16H,10H2,1H3. The van der Waals surface area contributed by atoms with Crippen LogP contribution in [-0.2, 0) is 16.6 Å². The van der Waals surface area contributed by atoms with Gasteiger partial charge in [0.1, 0.15) is 5.75 Å². The van der Waals surface area contributed by atoms with Gasteiger partial charge in [0, 0.05) is 0 Å². The highest BCUT2D eigenvalue weighted by Gasteiger charge is 2.15. The highest BCUT2D eigenvalue weighted by atomic mass is 32.2. The van der Waals surface area contributed by atoms with Gasteiger partial charge < -0.3 is 9.84 Å². The molecule has 6 heteroatoms. The Bertz CT molecular complexity index is 681. The van der Waals surface area contributed by atoms with Crippen LogP contribution in [0.4, 0.5) is 5.69 Å². The van der Waals surface area contributed by atoms with E-state index in [-0.39, 0.29) is 11.5 Å². The number of nitrogens with one attached hydrogen (secondary N) is 1. The number of para-hydroxylation sites is 2. The lowest BCUT2D eigenvalue weighted by atomic mass is 10.2. The predicted molar refractivity (Wildman–Crippen MR) is 76.2 cm³/mol. The third kappa shape index (κ3) is 3.09. The molecule has 0 atom stereocenters. The van der Waals surface area contributed by atoms with Gasteiger partial charge in [0.25, 0.3) is 10.0 Å². The number of hydrogen-bond acceptors (Lipinski definition) is 4. The van der Waals surface area contributed by atoms with Gasteiger partial charge in [-0.2, -0.15) is 0 Å². The summed E-state index contributed by atoms with van der Waals surface area (Å²) >= 11 is 0. The number of methoxy groups -OCH3 is 1. The molecule has 0 aliphatic heterocycles. The lowest BCUT2D eigenvalue weighted by Crippen LogP contribution is -2.13. The average Bonchev–Trinajstić information content (AvgIpc) is 2.47. The number of aliphatic hydroxyl groups is 1. The molecule has 20 heavy (non-hydrogen) atoms. The largest absolute Gasteiger partial charge is 0.495 e. The first kappa shape index (κ1) is 14.4. The molecule has 0 spiro atoms. The third-order valence-electron chi connectivity index (χ3n) is 2.77. The van der Waals surface area contributed by atoms with Crippen LogP contribution in [0.5, 0.6) is 5.75 Å². The molecular formula is C14H15NO4S. The zero-order chi connectivity index (χ0) is 14.6. The van der Waals surface area contributed by atoms with Crippen LogP contribution in [0, 0.1) is 0 Å². The van der Waals surface area contributed by atoms with Crippen molar-refractivity contribution < 1.29 is 18.3 Å². The minimum absolute atomic E-state index is 0.125. The molecule has 2 aromatic rings. The van der Waals surface area contributed by atoms with Crippen LogP contribution in [0.3, 0.4) is 0 Å². The third-order valence-corrected chi connectivity index (χ3v) is 4.15. The van der Waals surface area contributed by atoms with Crippen molar-refractivity contribution in [3.05, 3.63) is 54.1 Å². The van der Waals surface area contributed by atoms with Gasteiger partial charge in [-0.25, -0.2) is 8.42 Å². The van der Waals surface area contributed by atoms with Crippen LogP contribution in [0.2, 0.25) is 0 Å². The Balaban J connectivity index is 2.30. The van der Waals surface area contributed by atoms with Crippen LogP contribution in [0.25, 0.3) is 0 Å². The van der Waals surface area contributed by atoms with Crippen molar-refractivity contribution in [2.45, 2.75) is 11.5 Å². The van der Waals surface area contributed by atoms with E-state index in [1.54, 1.807) is 36.4 Å². The number of anilines is 1. The number of rotatable bonds is 5. The van der Waals surface area contributed by atoms with Crippen molar-refractivity contribution in [3.8, 4) is 5.75 Å². The molecule has 2 N–H and O–H groups in total. The second-order valence-corrected chi connectivity index (χ2v) is 5.79. The van der Waals surface area contributed by atoms with Crippen molar-refractivity contribution in [2.24, 2.45) is 0 Å². The molecule has 0 aliphatic rings. The second kappa shape index (κ2) is 5.94. The van der Waals surface area contributed by atoms with Crippen molar-refractivity contribution in [1.29, 1.82) is 0 Å². The lowest BCUT2D eigenvalue weighted by molar-refractivity contribution is 0.282. The van der Waals surface area contributed by atoms with Crippen molar-refractivity contribution in [3.63, 3.8) is 0 Å². The maximum atomic E-state index is 12.2. The van der Waals surface area contributed by atoms with E-state index in [2.05, 4.69) is 4.72 Å². The van der Waals surface area contributed by atoms with Gasteiger partial charge in [-0.15, -0.1) is 0 Å². The molecule has 0 radical (unpaired) electrons. The van der Waals surface area contributed by atoms with Gasteiger partial charge in [0.05, 0.1) is 24.3 Å². The summed E-state index contributed by atoms with van der Waals surface area (Å²) in [5, 5.41) is 8.95. The molecule has 2 rings (SSSR count). The summed E-state index contributed by atoms with van der Waals surface area (Å²) in [6.07, 6.45) is 0. The fourth-order valence-electron chi connectivity index (χ4n) is 1.71. The Morgan fingerprint density at radius 2 is 1.75 bits per heavy atom. The van der Waals surface area contributed by atoms with Gasteiger partial charge in [-0.1, -0.05) is 24.3 Å². The van der Waals surface area contributed by atoms with Crippen LogP contribution in [0.1, 0.15) is 5.56 Å². The van der Waals surface area contributed by atoms with Gasteiger partial charge >= 0.3 is 0 Å². The first-order valence-corrected chi connectivity index (χ1v) is 7.41. The number of benzene rings is 2. The molecule has 0 bridgehead atoms. The summed E-state index contributed by atoms with van der Waals surface area (Å²) in [5.74, 6) is 0.447. The van der Waals surface area contributed by atoms with Gasteiger partial charge in [-0.05, 0) is 29.8 Å². The van der Waals surface area contributed by atoms with Crippen LogP contribution >= 0.6 is 0 Å². The minimum atomic E-state index is -3.68. The molecule has 0 amide bonds. The van der Waals surface area contributed by atoms with Crippen LogP contribution in [-0.4, -0.2) is 20.6 Å². The van der Waals surface area contributed by atoms with E-state index in [0.29, 0.717) is 17.0 Å². The zero-order valence-corrected chi connectivity index (χ0v) is 11.7. The van der Waals surface area contributed by atoms with Crippen molar-refractivity contribution >= 4 is 15.7 Å². The number of ether oxygens (including phenoxy) is 1. The molecule has 0 aromatic heterocycles. The molecule has 0 saturated heterocycles. The maximum absolute atomic E-state index is 12.2. The Hall–Kier alpha value is -2.05. The van der Waals surface area contributed by atoms with E-state index < -0.39 is 10.0 Å². The normalized spacial score (nSPS) is 11.1. The number of hydrogen-bond donors (Lipinski definition) is 2. The van der Waals surface area contributed by atoms with Crippen LogP contribution < -0.4 is 9.46 Å². The molecular weight excluding hydrogens is 278 g/mol. The molecule has 0 unspecified atom stereocenters. The Morgan fingerprint density at radius 1 is 1.10 bits per heavy atom. The smallest absolute Gasteiger partial charge is 0.262 e. The summed E-state index contributed by atoms with van der Waals surface area (Å²) in [4.78, 5) is 0.126. The first-order chi connectivity index (χ1) is 9.56. The van der Waals surface area contributed by atoms with Gasteiger partial charge in [0.2, 0.25) is 0 Å². The van der Waals surface area contributed by atoms with E-state index in [1.165, 1.54) is 19.2 Å². The SMILES string of the molecule is COc1ccccc1NS(=O)(=O)c1ccc(CO)cc1. The molecule has 0 aliphatic carbocycles. The summed E-state index contributed by atoms with van der Waals surface area (Å²) in [6, 6.07) is 12.8. The second-order valence-electron chi connectivity index (χ2n) is 4.11. The fraction of sp³-hybridized carbons (Fsp3) is 0.143. The van der Waals surface area contributed by atoms with Crippen molar-refractivity contribution in [2.75, 3.05) is 11.8 Å². The molecule has 2 aromatic carbocycles. The highest BCUT2D eigenvalue weighted by molar-refractivity contribution is 7.92. The molecule has 0 fully saturated rings. The minimum Gasteiger partial charge on any atom is -0.495 e. The molecule has 0 heterocycles. The summed E-state index contributed by atoms with van der Waals surface area (Å²) in [6.45, 7) is -0.125. The average molecular weight is 293 g/mol. The lowest BCUT2D eigenvalue weighted by Gasteiger charge is -2.11. The monoisotopic (exact) mass is 293 g/mol. The van der Waals surface area contributed by atoms with Gasteiger partial charge in [0.15, 0.2) is 0 Å². The number of aliphatic hydroxyl groups excluding tert-OH is 1. The zero-order valence-electron chi connectivity index (χ0n) is 10.9. The quantitative estimate of drug-likeness (QED) is 0.884. The van der Waals surface area contributed by atoms with E-state index in [4.69, 9.17) is 9.84 Å². The van der Waals surface area contributed by atoms with E-state index in [0.717, 1.165) is 0 Å². The summed E-state index contributed by atoms with van der Waals surface area (Å²) < 4.78 is 32.1. The predicted octanol–water partition coefficient (Wildman–Crippen LogP) is 1.99. The molecule has 106 valence electrons. The number of sulfonamides is 1. The summed E-state index contributed by atoms with van der Waals surface area (Å²) in [7, 11) is -2.21. The maximum Gasteiger partial charge on any atom is 0.262 e. The molecule has 5 nitrogen and oxygen atoms in total. The van der Waals surface area contributed by atoms with E-state index in [1.807, 2.05) is 0 Å². The Morgan fingerprint density at radius 3 is 2.35 bits per heavy atom. The fourth-order valence-corrected chi connectivity index (χ4v) is 2.78. The van der Waals surface area contributed by atoms with Crippen LogP contribution in [0.15, 0.2) is 53.4 Å². The highest BCUT2D eigenvalue weighted by Crippen LogP contribution is 2.26. The Labute approximate surface area is 117 Å². The van der Waals surface area contributed by atoms with Crippen molar-refractivity contribution in [1.82, 2.24) is 0 Å². The Kier molecular flexibility index (Phi) is 4.26. The van der Waals surface area contributed by atoms with E-state index in [9.17, 15) is 8.42 Å². The molecule has 0 saturated carbocycles. The summed E-state index contributed by atoms with van der Waals surface area (Å²) in [5.41, 5.74) is 1.03. The first-order valence-electron chi connectivity index (χ1n) is 5.92. The van der Waals surface area contributed by atoms with Gasteiger partial charge in [-0.3, -0.25) is 4.72 Å². The van der Waals surface area contributed by atoms with E-state index >= 15 is 0 Å².